The molecule has 118 valence electrons. The third-order valence-corrected chi connectivity index (χ3v) is 5.58. The van der Waals surface area contributed by atoms with Crippen LogP contribution in [0.25, 0.3) is 0 Å². The summed E-state index contributed by atoms with van der Waals surface area (Å²) in [6, 6.07) is 4.60. The Morgan fingerprint density at radius 3 is 1.95 bits per heavy atom. The highest BCUT2D eigenvalue weighted by Crippen LogP contribution is 2.42. The summed E-state index contributed by atoms with van der Waals surface area (Å²) in [7, 11) is 0. The molecule has 0 atom stereocenters. The Labute approximate surface area is 131 Å². The molecule has 1 aromatic rings. The van der Waals surface area contributed by atoms with Gasteiger partial charge in [0.1, 0.15) is 0 Å². The smallest absolute Gasteiger partial charge is 0.0195 e. The molecule has 0 spiro atoms. The van der Waals surface area contributed by atoms with Crippen molar-refractivity contribution < 1.29 is 0 Å². The molecule has 0 bridgehead atoms. The van der Waals surface area contributed by atoms with Crippen LogP contribution in [0.3, 0.4) is 0 Å². The van der Waals surface area contributed by atoms with Gasteiger partial charge < -0.3 is 5.73 Å². The molecular weight excluding hydrogens is 254 g/mol. The zero-order valence-corrected chi connectivity index (χ0v) is 14.8. The van der Waals surface area contributed by atoms with E-state index in [-0.39, 0.29) is 5.54 Å². The van der Waals surface area contributed by atoms with Gasteiger partial charge in [-0.2, -0.15) is 0 Å². The third-order valence-electron chi connectivity index (χ3n) is 5.58. The first kappa shape index (κ1) is 16.5. The maximum Gasteiger partial charge on any atom is 0.0195 e. The van der Waals surface area contributed by atoms with E-state index in [1.807, 2.05) is 0 Å². The Morgan fingerprint density at radius 1 is 1.05 bits per heavy atom. The Hall–Kier alpha value is -0.820. The minimum absolute atomic E-state index is 0.00648. The quantitative estimate of drug-likeness (QED) is 0.805. The molecule has 1 aliphatic rings. The molecule has 1 saturated carbocycles. The van der Waals surface area contributed by atoms with E-state index < -0.39 is 0 Å². The molecule has 0 radical (unpaired) electrons. The number of benzene rings is 1. The van der Waals surface area contributed by atoms with Crippen molar-refractivity contribution in [2.75, 3.05) is 0 Å². The predicted molar refractivity (Wildman–Crippen MR) is 92.7 cm³/mol. The summed E-state index contributed by atoms with van der Waals surface area (Å²) in [4.78, 5) is 0. The highest BCUT2D eigenvalue weighted by Gasteiger charge is 2.36. The van der Waals surface area contributed by atoms with Gasteiger partial charge in [-0.15, -0.1) is 0 Å². The molecule has 2 rings (SSSR count). The van der Waals surface area contributed by atoms with Crippen LogP contribution in [0.5, 0.6) is 0 Å². The van der Waals surface area contributed by atoms with E-state index in [4.69, 9.17) is 5.73 Å². The van der Waals surface area contributed by atoms with Crippen molar-refractivity contribution in [1.82, 2.24) is 0 Å². The van der Waals surface area contributed by atoms with E-state index in [2.05, 4.69) is 53.7 Å². The maximum absolute atomic E-state index is 6.77. The lowest BCUT2D eigenvalue weighted by Crippen LogP contribution is -2.47. The van der Waals surface area contributed by atoms with Crippen LogP contribution >= 0.6 is 0 Å². The van der Waals surface area contributed by atoms with E-state index in [1.54, 1.807) is 0 Å². The van der Waals surface area contributed by atoms with Gasteiger partial charge in [0.2, 0.25) is 0 Å². The van der Waals surface area contributed by atoms with Crippen LogP contribution in [-0.2, 0) is 6.42 Å². The van der Waals surface area contributed by atoms with Crippen molar-refractivity contribution in [3.8, 4) is 0 Å². The van der Waals surface area contributed by atoms with Crippen molar-refractivity contribution in [2.24, 2.45) is 17.1 Å². The van der Waals surface area contributed by atoms with Crippen molar-refractivity contribution >= 4 is 0 Å². The second kappa shape index (κ2) is 5.76. The van der Waals surface area contributed by atoms with Gasteiger partial charge in [0.25, 0.3) is 0 Å². The average molecular weight is 287 g/mol. The zero-order valence-electron chi connectivity index (χ0n) is 14.8. The molecule has 21 heavy (non-hydrogen) atoms. The molecule has 1 nitrogen and oxygen atoms in total. The fourth-order valence-electron chi connectivity index (χ4n) is 4.08. The first-order valence-corrected chi connectivity index (χ1v) is 8.46. The molecule has 1 aromatic carbocycles. The maximum atomic E-state index is 6.77. The molecule has 0 heterocycles. The second-order valence-corrected chi connectivity index (χ2v) is 8.56. The molecule has 1 fully saturated rings. The molecule has 0 unspecified atom stereocenters. The number of rotatable bonds is 2. The van der Waals surface area contributed by atoms with E-state index in [9.17, 15) is 0 Å². The van der Waals surface area contributed by atoms with Crippen molar-refractivity contribution in [1.29, 1.82) is 0 Å². The summed E-state index contributed by atoms with van der Waals surface area (Å²) in [6.45, 7) is 13.8. The van der Waals surface area contributed by atoms with E-state index in [1.165, 1.54) is 47.9 Å². The first-order valence-electron chi connectivity index (χ1n) is 8.46. The molecule has 0 saturated heterocycles. The topological polar surface area (TPSA) is 26.0 Å². The van der Waals surface area contributed by atoms with Gasteiger partial charge in [-0.25, -0.2) is 0 Å². The Morgan fingerprint density at radius 2 is 1.52 bits per heavy atom. The fourth-order valence-corrected chi connectivity index (χ4v) is 4.08. The summed E-state index contributed by atoms with van der Waals surface area (Å²) >= 11 is 0. The molecule has 0 amide bonds. The Bertz CT molecular complexity index is 476. The van der Waals surface area contributed by atoms with E-state index >= 15 is 0 Å². The summed E-state index contributed by atoms with van der Waals surface area (Å²) in [5.74, 6) is 0.828. The highest BCUT2D eigenvalue weighted by atomic mass is 14.7. The number of hydrogen-bond donors (Lipinski definition) is 1. The second-order valence-electron chi connectivity index (χ2n) is 8.56. The minimum Gasteiger partial charge on any atom is -0.325 e. The monoisotopic (exact) mass is 287 g/mol. The predicted octanol–water partition coefficient (Wildman–Crippen LogP) is 5.09. The largest absolute Gasteiger partial charge is 0.325 e. The van der Waals surface area contributed by atoms with Gasteiger partial charge in [0.05, 0.1) is 0 Å². The fraction of sp³-hybridized carbons (Fsp3) is 0.700. The number of hydrogen-bond acceptors (Lipinski definition) is 1. The summed E-state index contributed by atoms with van der Waals surface area (Å²) < 4.78 is 0. The summed E-state index contributed by atoms with van der Waals surface area (Å²) in [5, 5.41) is 0. The molecule has 0 aliphatic heterocycles. The summed E-state index contributed by atoms with van der Waals surface area (Å²) in [5.41, 5.74) is 12.9. The standard InChI is InChI=1S/C20H33N/c1-14-11-15(2)18(16(3)12-14)13-20(21)9-7-17(8-10-20)19(4,5)6/h11-12,17H,7-10,13,21H2,1-6H3. The molecule has 1 heteroatoms. The van der Waals surface area contributed by atoms with Crippen LogP contribution in [0, 0.1) is 32.1 Å². The van der Waals surface area contributed by atoms with Gasteiger partial charge in [0, 0.05) is 5.54 Å². The van der Waals surface area contributed by atoms with Gasteiger partial charge in [0.15, 0.2) is 0 Å². The highest BCUT2D eigenvalue weighted by molar-refractivity contribution is 5.38. The van der Waals surface area contributed by atoms with Crippen LogP contribution in [0.2, 0.25) is 0 Å². The minimum atomic E-state index is 0.00648. The third kappa shape index (κ3) is 3.88. The number of aryl methyl sites for hydroxylation is 3. The zero-order chi connectivity index (χ0) is 15.8. The average Bonchev–Trinajstić information content (AvgIpc) is 2.33. The van der Waals surface area contributed by atoms with Gasteiger partial charge in [-0.05, 0) is 80.9 Å². The molecule has 1 aliphatic carbocycles. The van der Waals surface area contributed by atoms with Crippen LogP contribution in [0.4, 0.5) is 0 Å². The van der Waals surface area contributed by atoms with E-state index in [0.717, 1.165) is 12.3 Å². The Kier molecular flexibility index (Phi) is 4.54. The molecular formula is C20H33N. The van der Waals surface area contributed by atoms with Crippen LogP contribution < -0.4 is 5.73 Å². The SMILES string of the molecule is Cc1cc(C)c(CC2(N)CCC(C(C)(C)C)CC2)c(C)c1. The lowest BCUT2D eigenvalue weighted by atomic mass is 9.66. The molecule has 2 N–H and O–H groups in total. The lowest BCUT2D eigenvalue weighted by molar-refractivity contribution is 0.134. The van der Waals surface area contributed by atoms with Crippen molar-refractivity contribution in [2.45, 2.75) is 79.2 Å². The Balaban J connectivity index is 2.11. The number of nitrogens with two attached hydrogens (primary N) is 1. The summed E-state index contributed by atoms with van der Waals surface area (Å²) in [6.07, 6.45) is 5.94. The first-order chi connectivity index (χ1) is 9.61. The molecule has 0 aromatic heterocycles. The van der Waals surface area contributed by atoms with E-state index in [0.29, 0.717) is 5.41 Å². The van der Waals surface area contributed by atoms with Gasteiger partial charge in [-0.1, -0.05) is 38.5 Å². The van der Waals surface area contributed by atoms with Crippen LogP contribution in [-0.4, -0.2) is 5.54 Å². The van der Waals surface area contributed by atoms with Crippen LogP contribution in [0.15, 0.2) is 12.1 Å². The van der Waals surface area contributed by atoms with Crippen molar-refractivity contribution in [3.05, 3.63) is 34.4 Å². The van der Waals surface area contributed by atoms with Gasteiger partial charge in [-0.3, -0.25) is 0 Å². The normalized spacial score (nSPS) is 26.9. The van der Waals surface area contributed by atoms with Gasteiger partial charge >= 0.3 is 0 Å². The van der Waals surface area contributed by atoms with Crippen LogP contribution in [0.1, 0.15) is 68.7 Å². The van der Waals surface area contributed by atoms with Crippen molar-refractivity contribution in [3.63, 3.8) is 0 Å². The lowest BCUT2D eigenvalue weighted by Gasteiger charge is -2.42.